The van der Waals surface area contributed by atoms with Crippen LogP contribution in [0.4, 0.5) is 0 Å². The second kappa shape index (κ2) is 6.07. The van der Waals surface area contributed by atoms with Gasteiger partial charge in [0.2, 0.25) is 0 Å². The number of rotatable bonds is 5. The normalized spacial score (nSPS) is 29.3. The van der Waals surface area contributed by atoms with Gasteiger partial charge in [0.05, 0.1) is 25.0 Å². The second-order valence-corrected chi connectivity index (χ2v) is 5.63. The molecule has 1 saturated carbocycles. The summed E-state index contributed by atoms with van der Waals surface area (Å²) in [6.45, 7) is 6.24. The first-order valence-electron chi connectivity index (χ1n) is 7.47. The third-order valence-corrected chi connectivity index (χ3v) is 4.42. The number of nitrogens with one attached hydrogen (secondary N) is 1. The molecule has 1 aliphatic heterocycles. The summed E-state index contributed by atoms with van der Waals surface area (Å²) in [7, 11) is 0. The third kappa shape index (κ3) is 3.02. The van der Waals surface area contributed by atoms with Crippen LogP contribution in [0, 0.1) is 0 Å². The molecule has 0 spiro atoms. The second-order valence-electron chi connectivity index (χ2n) is 5.63. The van der Waals surface area contributed by atoms with Gasteiger partial charge in [-0.1, -0.05) is 0 Å². The minimum Gasteiger partial charge on any atom is -0.468 e. The maximum absolute atomic E-state index is 5.84. The van der Waals surface area contributed by atoms with E-state index in [0.29, 0.717) is 12.1 Å². The van der Waals surface area contributed by atoms with Crippen molar-refractivity contribution >= 4 is 0 Å². The highest BCUT2D eigenvalue weighted by Gasteiger charge is 2.35. The van der Waals surface area contributed by atoms with Crippen molar-refractivity contribution in [2.75, 3.05) is 26.2 Å². The summed E-state index contributed by atoms with van der Waals surface area (Å²) >= 11 is 0. The summed E-state index contributed by atoms with van der Waals surface area (Å²) in [5.74, 6) is 1.01. The van der Waals surface area contributed by atoms with Crippen LogP contribution in [0.3, 0.4) is 0 Å². The predicted octanol–water partition coefficient (Wildman–Crippen LogP) is 2.18. The van der Waals surface area contributed by atoms with Gasteiger partial charge in [-0.2, -0.15) is 0 Å². The van der Waals surface area contributed by atoms with Crippen LogP contribution in [-0.4, -0.2) is 43.3 Å². The van der Waals surface area contributed by atoms with E-state index in [-0.39, 0.29) is 6.04 Å². The van der Waals surface area contributed by atoms with Crippen molar-refractivity contribution in [3.05, 3.63) is 24.2 Å². The molecule has 3 unspecified atom stereocenters. The zero-order valence-electron chi connectivity index (χ0n) is 11.7. The van der Waals surface area contributed by atoms with E-state index in [4.69, 9.17) is 9.15 Å². The lowest BCUT2D eigenvalue weighted by Crippen LogP contribution is -2.50. The van der Waals surface area contributed by atoms with Gasteiger partial charge in [-0.15, -0.1) is 0 Å². The molecular formula is C15H24N2O2. The summed E-state index contributed by atoms with van der Waals surface area (Å²) < 4.78 is 11.3. The standard InChI is InChI=1S/C15H24N2O2/c1-12(14-6-3-10-18-14)16-7-8-17-9-11-19-15-5-2-4-13(15)17/h3,6,10,12-13,15-16H,2,4-5,7-9,11H2,1H3. The van der Waals surface area contributed by atoms with E-state index < -0.39 is 0 Å². The van der Waals surface area contributed by atoms with Gasteiger partial charge in [0.1, 0.15) is 5.76 Å². The van der Waals surface area contributed by atoms with E-state index in [2.05, 4.69) is 17.1 Å². The van der Waals surface area contributed by atoms with E-state index in [0.717, 1.165) is 32.0 Å². The van der Waals surface area contributed by atoms with Crippen LogP contribution in [0.1, 0.15) is 38.0 Å². The molecule has 0 amide bonds. The molecule has 1 aliphatic carbocycles. The molecule has 106 valence electrons. The molecule has 1 aromatic rings. The molecule has 1 aromatic heterocycles. The molecule has 4 heteroatoms. The fraction of sp³-hybridized carbons (Fsp3) is 0.733. The smallest absolute Gasteiger partial charge is 0.120 e. The number of ether oxygens (including phenoxy) is 1. The van der Waals surface area contributed by atoms with Crippen LogP contribution in [-0.2, 0) is 4.74 Å². The Bertz CT molecular complexity index is 380. The van der Waals surface area contributed by atoms with E-state index in [1.54, 1.807) is 6.26 Å². The zero-order valence-corrected chi connectivity index (χ0v) is 11.7. The van der Waals surface area contributed by atoms with Crippen molar-refractivity contribution in [3.63, 3.8) is 0 Å². The predicted molar refractivity (Wildman–Crippen MR) is 74.1 cm³/mol. The molecule has 3 atom stereocenters. The molecule has 0 bridgehead atoms. The van der Waals surface area contributed by atoms with Gasteiger partial charge in [-0.05, 0) is 38.3 Å². The van der Waals surface area contributed by atoms with Crippen molar-refractivity contribution in [1.82, 2.24) is 10.2 Å². The molecule has 2 aliphatic rings. The fourth-order valence-corrected chi connectivity index (χ4v) is 3.35. The van der Waals surface area contributed by atoms with Crippen molar-refractivity contribution in [1.29, 1.82) is 0 Å². The average Bonchev–Trinajstić information content (AvgIpc) is 3.10. The Labute approximate surface area is 115 Å². The van der Waals surface area contributed by atoms with Crippen LogP contribution in [0.25, 0.3) is 0 Å². The van der Waals surface area contributed by atoms with Gasteiger partial charge >= 0.3 is 0 Å². The number of hydrogen-bond acceptors (Lipinski definition) is 4. The van der Waals surface area contributed by atoms with Crippen LogP contribution in [0.5, 0.6) is 0 Å². The minimum atomic E-state index is 0.287. The first-order chi connectivity index (χ1) is 9.34. The minimum absolute atomic E-state index is 0.287. The number of hydrogen-bond donors (Lipinski definition) is 1. The van der Waals surface area contributed by atoms with Crippen LogP contribution in [0.2, 0.25) is 0 Å². The highest BCUT2D eigenvalue weighted by molar-refractivity contribution is 5.02. The van der Waals surface area contributed by atoms with Crippen molar-refractivity contribution in [2.45, 2.75) is 44.4 Å². The van der Waals surface area contributed by atoms with E-state index in [1.807, 2.05) is 12.1 Å². The number of nitrogens with zero attached hydrogens (tertiary/aromatic N) is 1. The molecule has 0 radical (unpaired) electrons. The fourth-order valence-electron chi connectivity index (χ4n) is 3.35. The molecule has 1 saturated heterocycles. The first kappa shape index (κ1) is 13.2. The van der Waals surface area contributed by atoms with E-state index >= 15 is 0 Å². The lowest BCUT2D eigenvalue weighted by atomic mass is 10.1. The van der Waals surface area contributed by atoms with Crippen molar-refractivity contribution < 1.29 is 9.15 Å². The third-order valence-electron chi connectivity index (χ3n) is 4.42. The van der Waals surface area contributed by atoms with Crippen LogP contribution < -0.4 is 5.32 Å². The maximum Gasteiger partial charge on any atom is 0.120 e. The Kier molecular flexibility index (Phi) is 4.21. The molecule has 2 heterocycles. The zero-order chi connectivity index (χ0) is 13.1. The van der Waals surface area contributed by atoms with Gasteiger partial charge in [0.15, 0.2) is 0 Å². The van der Waals surface area contributed by atoms with Crippen LogP contribution in [0.15, 0.2) is 22.8 Å². The topological polar surface area (TPSA) is 37.6 Å². The molecule has 0 aromatic carbocycles. The van der Waals surface area contributed by atoms with Crippen molar-refractivity contribution in [3.8, 4) is 0 Å². The average molecular weight is 264 g/mol. The van der Waals surface area contributed by atoms with E-state index in [1.165, 1.54) is 19.3 Å². The van der Waals surface area contributed by atoms with Crippen LogP contribution >= 0.6 is 0 Å². The highest BCUT2D eigenvalue weighted by Crippen LogP contribution is 2.29. The molecule has 4 nitrogen and oxygen atoms in total. The Morgan fingerprint density at radius 1 is 1.47 bits per heavy atom. The van der Waals surface area contributed by atoms with E-state index in [9.17, 15) is 0 Å². The monoisotopic (exact) mass is 264 g/mol. The van der Waals surface area contributed by atoms with Gasteiger partial charge in [-0.25, -0.2) is 0 Å². The van der Waals surface area contributed by atoms with Gasteiger partial charge < -0.3 is 14.5 Å². The lowest BCUT2D eigenvalue weighted by molar-refractivity contribution is -0.0550. The summed E-state index contributed by atoms with van der Waals surface area (Å²) in [5, 5.41) is 3.54. The van der Waals surface area contributed by atoms with Gasteiger partial charge in [-0.3, -0.25) is 4.90 Å². The maximum atomic E-state index is 5.84. The quantitative estimate of drug-likeness (QED) is 0.884. The Balaban J connectivity index is 1.44. The lowest BCUT2D eigenvalue weighted by Gasteiger charge is -2.37. The number of fused-ring (bicyclic) bond motifs is 1. The first-order valence-corrected chi connectivity index (χ1v) is 7.47. The van der Waals surface area contributed by atoms with Gasteiger partial charge in [0, 0.05) is 25.7 Å². The Hall–Kier alpha value is -0.840. The summed E-state index contributed by atoms with van der Waals surface area (Å²) in [6, 6.07) is 4.92. The number of morpholine rings is 1. The molecule has 3 rings (SSSR count). The molecule has 19 heavy (non-hydrogen) atoms. The summed E-state index contributed by atoms with van der Waals surface area (Å²) in [4.78, 5) is 2.60. The highest BCUT2D eigenvalue weighted by atomic mass is 16.5. The molecular weight excluding hydrogens is 240 g/mol. The Morgan fingerprint density at radius 3 is 3.26 bits per heavy atom. The Morgan fingerprint density at radius 2 is 2.42 bits per heavy atom. The largest absolute Gasteiger partial charge is 0.468 e. The SMILES string of the molecule is CC(NCCN1CCOC2CCCC21)c1ccco1. The van der Waals surface area contributed by atoms with Crippen molar-refractivity contribution in [2.24, 2.45) is 0 Å². The van der Waals surface area contributed by atoms with Gasteiger partial charge in [0.25, 0.3) is 0 Å². The molecule has 2 fully saturated rings. The number of furan rings is 1. The summed E-state index contributed by atoms with van der Waals surface area (Å²) in [6.07, 6.45) is 6.10. The molecule has 1 N–H and O–H groups in total. The summed E-state index contributed by atoms with van der Waals surface area (Å²) in [5.41, 5.74) is 0.